The second-order valence-corrected chi connectivity index (χ2v) is 9.33. The van der Waals surface area contributed by atoms with Crippen LogP contribution in [0, 0.1) is 5.82 Å². The molecule has 1 atom stereocenters. The van der Waals surface area contributed by atoms with Crippen molar-refractivity contribution >= 4 is 23.6 Å². The van der Waals surface area contributed by atoms with Crippen LogP contribution in [0.25, 0.3) is 0 Å². The maximum Gasteiger partial charge on any atom is 0.408 e. The van der Waals surface area contributed by atoms with Crippen LogP contribution in [0.2, 0.25) is 0 Å². The van der Waals surface area contributed by atoms with Gasteiger partial charge in [0.1, 0.15) is 11.4 Å². The molecule has 3 aromatic rings. The Morgan fingerprint density at radius 1 is 1.16 bits per heavy atom. The van der Waals surface area contributed by atoms with Crippen molar-refractivity contribution in [3.63, 3.8) is 0 Å². The molecular formula is C23H24FN5O2S. The highest BCUT2D eigenvalue weighted by atomic mass is 32.2. The van der Waals surface area contributed by atoms with E-state index in [0.29, 0.717) is 23.2 Å². The van der Waals surface area contributed by atoms with Crippen molar-refractivity contribution in [1.29, 1.82) is 0 Å². The van der Waals surface area contributed by atoms with E-state index >= 15 is 0 Å². The van der Waals surface area contributed by atoms with Gasteiger partial charge in [0.25, 0.3) is 0 Å². The third-order valence-corrected chi connectivity index (χ3v) is 5.59. The zero-order valence-electron chi connectivity index (χ0n) is 18.1. The summed E-state index contributed by atoms with van der Waals surface area (Å²) in [5, 5.41) is 16.9. The summed E-state index contributed by atoms with van der Waals surface area (Å²) in [6.07, 6.45) is -0.0495. The van der Waals surface area contributed by atoms with Gasteiger partial charge in [0.2, 0.25) is 5.16 Å². The smallest absolute Gasteiger partial charge is 0.408 e. The normalized spacial score (nSPS) is 14.3. The number of rotatable bonds is 5. The Balaban J connectivity index is 1.67. The summed E-state index contributed by atoms with van der Waals surface area (Å²) >= 11 is 1.49. The Morgan fingerprint density at radius 2 is 1.88 bits per heavy atom. The van der Waals surface area contributed by atoms with Crippen LogP contribution in [-0.4, -0.2) is 38.0 Å². The van der Waals surface area contributed by atoms with Crippen molar-refractivity contribution in [3.05, 3.63) is 77.4 Å². The predicted octanol–water partition coefficient (Wildman–Crippen LogP) is 4.58. The fourth-order valence-corrected chi connectivity index (χ4v) is 4.10. The lowest BCUT2D eigenvalue weighted by atomic mass is 10.1. The van der Waals surface area contributed by atoms with Gasteiger partial charge >= 0.3 is 6.09 Å². The highest BCUT2D eigenvalue weighted by molar-refractivity contribution is 7.99. The summed E-state index contributed by atoms with van der Waals surface area (Å²) in [7, 11) is 0. The molecule has 0 radical (unpaired) electrons. The number of halogens is 1. The molecule has 0 aliphatic carbocycles. The molecule has 1 aliphatic rings. The van der Waals surface area contributed by atoms with E-state index in [1.807, 2.05) is 51.1 Å². The number of nitrogens with one attached hydrogen (secondary N) is 1. The first-order valence-corrected chi connectivity index (χ1v) is 11.2. The molecule has 0 fully saturated rings. The largest absolute Gasteiger partial charge is 0.444 e. The Bertz CT molecular complexity index is 1120. The summed E-state index contributed by atoms with van der Waals surface area (Å²) in [6, 6.07) is 15.5. The van der Waals surface area contributed by atoms with Gasteiger partial charge < -0.3 is 10.1 Å². The lowest BCUT2D eigenvalue weighted by molar-refractivity contribution is 0.0500. The van der Waals surface area contributed by atoms with Crippen molar-refractivity contribution < 1.29 is 13.9 Å². The summed E-state index contributed by atoms with van der Waals surface area (Å²) in [5.74, 6) is 0.793. The highest BCUT2D eigenvalue weighted by Gasteiger charge is 2.28. The van der Waals surface area contributed by atoms with Gasteiger partial charge in [-0.1, -0.05) is 54.2 Å². The Kier molecular flexibility index (Phi) is 6.27. The van der Waals surface area contributed by atoms with E-state index in [4.69, 9.17) is 9.84 Å². The van der Waals surface area contributed by atoms with Crippen molar-refractivity contribution in [2.45, 2.75) is 44.0 Å². The third kappa shape index (κ3) is 5.34. The minimum Gasteiger partial charge on any atom is -0.444 e. The molecule has 1 aromatic heterocycles. The highest BCUT2D eigenvalue weighted by Crippen LogP contribution is 2.28. The first-order chi connectivity index (χ1) is 15.3. The van der Waals surface area contributed by atoms with E-state index in [2.05, 4.69) is 15.5 Å². The molecule has 0 spiro atoms. The molecule has 2 aromatic carbocycles. The maximum absolute atomic E-state index is 13.3. The van der Waals surface area contributed by atoms with Crippen molar-refractivity contribution in [3.8, 4) is 0 Å². The van der Waals surface area contributed by atoms with Crippen LogP contribution in [0.5, 0.6) is 0 Å². The van der Waals surface area contributed by atoms with Crippen LogP contribution in [-0.2, 0) is 11.2 Å². The zero-order chi connectivity index (χ0) is 22.7. The molecule has 0 saturated carbocycles. The number of carbonyl (C=O) groups is 1. The van der Waals surface area contributed by atoms with Gasteiger partial charge in [-0.3, -0.25) is 0 Å². The number of alkyl carbamates (subject to hydrolysis) is 1. The average Bonchev–Trinajstić information content (AvgIpc) is 3.16. The minimum absolute atomic E-state index is 0.298. The van der Waals surface area contributed by atoms with Crippen LogP contribution in [0.4, 0.5) is 9.18 Å². The van der Waals surface area contributed by atoms with Gasteiger partial charge in [0.15, 0.2) is 5.82 Å². The SMILES string of the molecule is CC(C)(C)OC(=O)NC(Cc1ccccc1)c1nnc2n1N=C(c1ccc(F)cc1)CS2. The molecule has 1 N–H and O–H groups in total. The number of ether oxygens (including phenoxy) is 1. The number of aromatic nitrogens is 3. The number of fused-ring (bicyclic) bond motifs is 1. The fourth-order valence-electron chi connectivity index (χ4n) is 3.25. The number of benzene rings is 2. The van der Waals surface area contributed by atoms with Crippen molar-refractivity contribution in [1.82, 2.24) is 20.2 Å². The minimum atomic E-state index is -0.630. The van der Waals surface area contributed by atoms with Gasteiger partial charge in [-0.05, 0) is 44.0 Å². The number of nitrogens with zero attached hydrogens (tertiary/aromatic N) is 4. The number of amides is 1. The Labute approximate surface area is 190 Å². The molecule has 4 rings (SSSR count). The Hall–Kier alpha value is -3.20. The summed E-state index contributed by atoms with van der Waals surface area (Å²) < 4.78 is 20.5. The van der Waals surface area contributed by atoms with Gasteiger partial charge in [-0.15, -0.1) is 10.2 Å². The second kappa shape index (κ2) is 9.12. The van der Waals surface area contributed by atoms with E-state index in [1.54, 1.807) is 16.8 Å². The predicted molar refractivity (Wildman–Crippen MR) is 121 cm³/mol. The van der Waals surface area contributed by atoms with E-state index in [0.717, 1.165) is 16.8 Å². The molecule has 7 nitrogen and oxygen atoms in total. The fraction of sp³-hybridized carbons (Fsp3) is 0.304. The van der Waals surface area contributed by atoms with Gasteiger partial charge in [-0.25, -0.2) is 9.18 Å². The van der Waals surface area contributed by atoms with Crippen LogP contribution in [0.3, 0.4) is 0 Å². The van der Waals surface area contributed by atoms with E-state index in [-0.39, 0.29) is 5.82 Å². The first-order valence-electron chi connectivity index (χ1n) is 10.2. The summed E-state index contributed by atoms with van der Waals surface area (Å²) in [5.41, 5.74) is 2.00. The van der Waals surface area contributed by atoms with Gasteiger partial charge in [0, 0.05) is 12.2 Å². The summed E-state index contributed by atoms with van der Waals surface area (Å²) in [6.45, 7) is 5.44. The quantitative estimate of drug-likeness (QED) is 0.611. The topological polar surface area (TPSA) is 81.4 Å². The van der Waals surface area contributed by atoms with Gasteiger partial charge in [-0.2, -0.15) is 9.78 Å². The average molecular weight is 454 g/mol. The molecule has 166 valence electrons. The molecule has 0 bridgehead atoms. The maximum atomic E-state index is 13.3. The van der Waals surface area contributed by atoms with E-state index < -0.39 is 17.7 Å². The van der Waals surface area contributed by atoms with Crippen molar-refractivity contribution in [2.75, 3.05) is 5.75 Å². The lowest BCUT2D eigenvalue weighted by Gasteiger charge is -2.24. The van der Waals surface area contributed by atoms with E-state index in [1.165, 1.54) is 23.9 Å². The van der Waals surface area contributed by atoms with Gasteiger partial charge in [0.05, 0.1) is 11.8 Å². The zero-order valence-corrected chi connectivity index (χ0v) is 18.9. The van der Waals surface area contributed by atoms with Crippen LogP contribution in [0.15, 0.2) is 64.9 Å². The Morgan fingerprint density at radius 3 is 2.56 bits per heavy atom. The summed E-state index contributed by atoms with van der Waals surface area (Å²) in [4.78, 5) is 12.6. The van der Waals surface area contributed by atoms with E-state index in [9.17, 15) is 9.18 Å². The molecule has 0 saturated heterocycles. The molecular weight excluding hydrogens is 429 g/mol. The first kappa shape index (κ1) is 22.0. The second-order valence-electron chi connectivity index (χ2n) is 8.38. The molecule has 32 heavy (non-hydrogen) atoms. The third-order valence-electron chi connectivity index (χ3n) is 4.66. The molecule has 1 unspecified atom stereocenters. The standard InChI is InChI=1S/C23H24FN5O2S/c1-23(2,3)31-22(30)25-18(13-15-7-5-4-6-8-15)20-26-27-21-29(20)28-19(14-32-21)16-9-11-17(24)12-10-16/h4-12,18H,13-14H2,1-3H3,(H,25,30). The number of hydrogen-bond acceptors (Lipinski definition) is 6. The van der Waals surface area contributed by atoms with Crippen molar-refractivity contribution in [2.24, 2.45) is 5.10 Å². The van der Waals surface area contributed by atoms with Crippen LogP contribution in [0.1, 0.15) is 43.8 Å². The molecule has 1 amide bonds. The molecule has 1 aliphatic heterocycles. The monoisotopic (exact) mass is 453 g/mol. The number of carbonyl (C=O) groups excluding carboxylic acids is 1. The molecule has 2 heterocycles. The number of hydrogen-bond donors (Lipinski definition) is 1. The van der Waals surface area contributed by atoms with Crippen LogP contribution < -0.4 is 5.32 Å². The molecule has 9 heteroatoms. The lowest BCUT2D eigenvalue weighted by Crippen LogP contribution is -2.37. The number of thioether (sulfide) groups is 1. The van der Waals surface area contributed by atoms with Crippen LogP contribution >= 0.6 is 11.8 Å².